The average molecular weight is 240 g/mol. The molecule has 0 fully saturated rings. The molecule has 0 aliphatic heterocycles. The summed E-state index contributed by atoms with van der Waals surface area (Å²) in [6.07, 6.45) is -6.22. The van der Waals surface area contributed by atoms with Crippen molar-refractivity contribution < 1.29 is 23.1 Å². The van der Waals surface area contributed by atoms with Gasteiger partial charge in [-0.3, -0.25) is 5.32 Å². The predicted molar refractivity (Wildman–Crippen MR) is 48.1 cm³/mol. The molecular formula is C8H5ClF3NO2. The van der Waals surface area contributed by atoms with Crippen molar-refractivity contribution in [2.24, 2.45) is 0 Å². The second-order valence-electron chi connectivity index (χ2n) is 2.62. The average Bonchev–Trinajstić information content (AvgIpc) is 2.05. The number of hydrogen-bond donors (Lipinski definition) is 2. The fourth-order valence-electron chi connectivity index (χ4n) is 0.975. The van der Waals surface area contributed by atoms with Crippen molar-refractivity contribution in [2.75, 3.05) is 5.32 Å². The maximum absolute atomic E-state index is 12.4. The minimum Gasteiger partial charge on any atom is -0.465 e. The summed E-state index contributed by atoms with van der Waals surface area (Å²) in [5.41, 5.74) is -1.66. The maximum Gasteiger partial charge on any atom is 0.418 e. The van der Waals surface area contributed by atoms with Crippen molar-refractivity contribution in [3.63, 3.8) is 0 Å². The summed E-state index contributed by atoms with van der Waals surface area (Å²) < 4.78 is 37.2. The topological polar surface area (TPSA) is 49.3 Å². The Hall–Kier alpha value is -1.43. The Bertz CT molecular complexity index is 392. The van der Waals surface area contributed by atoms with Gasteiger partial charge in [0.2, 0.25) is 0 Å². The minimum absolute atomic E-state index is 0.113. The number of amides is 1. The summed E-state index contributed by atoms with van der Waals surface area (Å²) in [7, 11) is 0. The van der Waals surface area contributed by atoms with Gasteiger partial charge in [-0.05, 0) is 18.2 Å². The van der Waals surface area contributed by atoms with Gasteiger partial charge in [-0.2, -0.15) is 13.2 Å². The molecule has 1 amide bonds. The van der Waals surface area contributed by atoms with Crippen molar-refractivity contribution in [3.05, 3.63) is 28.8 Å². The lowest BCUT2D eigenvalue weighted by Crippen LogP contribution is -2.14. The Morgan fingerprint density at radius 3 is 2.47 bits per heavy atom. The zero-order valence-corrected chi connectivity index (χ0v) is 7.86. The third-order valence-electron chi connectivity index (χ3n) is 1.53. The van der Waals surface area contributed by atoms with Crippen LogP contribution in [0, 0.1) is 0 Å². The van der Waals surface area contributed by atoms with Gasteiger partial charge in [0.15, 0.2) is 0 Å². The third kappa shape index (κ3) is 3.02. The van der Waals surface area contributed by atoms with Crippen LogP contribution in [-0.2, 0) is 6.18 Å². The van der Waals surface area contributed by atoms with Crippen molar-refractivity contribution in [1.29, 1.82) is 0 Å². The highest BCUT2D eigenvalue weighted by Gasteiger charge is 2.34. The molecule has 0 aliphatic rings. The third-order valence-corrected chi connectivity index (χ3v) is 1.76. The molecule has 0 unspecified atom stereocenters. The first-order valence-corrected chi connectivity index (χ1v) is 4.05. The minimum atomic E-state index is -4.65. The summed E-state index contributed by atoms with van der Waals surface area (Å²) >= 11 is 5.38. The Labute approximate surface area is 87.5 Å². The second-order valence-corrected chi connectivity index (χ2v) is 3.05. The standard InChI is InChI=1S/C8H5ClF3NO2/c9-4-1-2-6(13-7(14)15)5(3-4)8(10,11)12/h1-3,13H,(H,14,15). The quantitative estimate of drug-likeness (QED) is 0.789. The van der Waals surface area contributed by atoms with E-state index in [0.717, 1.165) is 6.07 Å². The van der Waals surface area contributed by atoms with Crippen LogP contribution >= 0.6 is 11.6 Å². The normalized spacial score (nSPS) is 11.2. The van der Waals surface area contributed by atoms with E-state index >= 15 is 0 Å². The largest absolute Gasteiger partial charge is 0.465 e. The number of carbonyl (C=O) groups is 1. The summed E-state index contributed by atoms with van der Waals surface area (Å²) in [5, 5.41) is 9.85. The van der Waals surface area contributed by atoms with Crippen LogP contribution in [-0.4, -0.2) is 11.2 Å². The summed E-state index contributed by atoms with van der Waals surface area (Å²) in [6.45, 7) is 0. The highest BCUT2D eigenvalue weighted by Crippen LogP contribution is 2.36. The highest BCUT2D eigenvalue weighted by molar-refractivity contribution is 6.30. The van der Waals surface area contributed by atoms with E-state index < -0.39 is 23.5 Å². The van der Waals surface area contributed by atoms with E-state index in [4.69, 9.17) is 16.7 Å². The summed E-state index contributed by atoms with van der Waals surface area (Å²) in [5.74, 6) is 0. The molecular weight excluding hydrogens is 235 g/mol. The maximum atomic E-state index is 12.4. The predicted octanol–water partition coefficient (Wildman–Crippen LogP) is 3.45. The van der Waals surface area contributed by atoms with E-state index in [-0.39, 0.29) is 5.02 Å². The smallest absolute Gasteiger partial charge is 0.418 e. The van der Waals surface area contributed by atoms with Gasteiger partial charge in [-0.1, -0.05) is 11.6 Å². The van der Waals surface area contributed by atoms with Gasteiger partial charge >= 0.3 is 12.3 Å². The monoisotopic (exact) mass is 239 g/mol. The number of hydrogen-bond acceptors (Lipinski definition) is 1. The van der Waals surface area contributed by atoms with Gasteiger partial charge in [-0.25, -0.2) is 4.79 Å². The molecule has 0 bridgehead atoms. The molecule has 0 spiro atoms. The van der Waals surface area contributed by atoms with Gasteiger partial charge in [-0.15, -0.1) is 0 Å². The van der Waals surface area contributed by atoms with Crippen LogP contribution in [0.4, 0.5) is 23.7 Å². The molecule has 0 aromatic heterocycles. The van der Waals surface area contributed by atoms with Crippen LogP contribution in [0.1, 0.15) is 5.56 Å². The van der Waals surface area contributed by atoms with Crippen LogP contribution in [0.25, 0.3) is 0 Å². The Morgan fingerprint density at radius 1 is 1.40 bits per heavy atom. The molecule has 0 saturated heterocycles. The molecule has 0 atom stereocenters. The van der Waals surface area contributed by atoms with Crippen LogP contribution in [0.15, 0.2) is 18.2 Å². The van der Waals surface area contributed by atoms with Crippen molar-refractivity contribution >= 4 is 23.4 Å². The fourth-order valence-corrected chi connectivity index (χ4v) is 1.15. The molecule has 0 heterocycles. The van der Waals surface area contributed by atoms with Gasteiger partial charge in [0.1, 0.15) is 0 Å². The first-order valence-electron chi connectivity index (χ1n) is 3.67. The lowest BCUT2D eigenvalue weighted by molar-refractivity contribution is -0.136. The van der Waals surface area contributed by atoms with Gasteiger partial charge < -0.3 is 5.11 Å². The van der Waals surface area contributed by atoms with Gasteiger partial charge in [0.05, 0.1) is 11.3 Å². The van der Waals surface area contributed by atoms with E-state index in [9.17, 15) is 18.0 Å². The molecule has 0 saturated carbocycles. The molecule has 7 heteroatoms. The summed E-state index contributed by atoms with van der Waals surface area (Å²) in [4.78, 5) is 10.2. The Balaban J connectivity index is 3.20. The number of carboxylic acid groups (broad SMARTS) is 1. The van der Waals surface area contributed by atoms with E-state index in [1.165, 1.54) is 6.07 Å². The van der Waals surface area contributed by atoms with E-state index in [0.29, 0.717) is 6.07 Å². The molecule has 2 N–H and O–H groups in total. The lowest BCUT2D eigenvalue weighted by atomic mass is 10.1. The Morgan fingerprint density at radius 2 is 2.00 bits per heavy atom. The molecule has 1 aromatic rings. The van der Waals surface area contributed by atoms with Crippen LogP contribution < -0.4 is 5.32 Å². The number of rotatable bonds is 1. The van der Waals surface area contributed by atoms with Gasteiger partial charge in [0, 0.05) is 5.02 Å². The molecule has 0 radical (unpaired) electrons. The number of nitrogens with one attached hydrogen (secondary N) is 1. The lowest BCUT2D eigenvalue weighted by Gasteiger charge is -2.12. The molecule has 3 nitrogen and oxygen atoms in total. The molecule has 82 valence electrons. The number of halogens is 4. The molecule has 1 aromatic carbocycles. The van der Waals surface area contributed by atoms with Crippen LogP contribution in [0.3, 0.4) is 0 Å². The molecule has 15 heavy (non-hydrogen) atoms. The van der Waals surface area contributed by atoms with E-state index in [1.54, 1.807) is 5.32 Å². The zero-order valence-electron chi connectivity index (χ0n) is 7.10. The van der Waals surface area contributed by atoms with Crippen LogP contribution in [0.5, 0.6) is 0 Å². The molecule has 0 aliphatic carbocycles. The number of anilines is 1. The van der Waals surface area contributed by atoms with E-state index in [2.05, 4.69) is 0 Å². The Kier molecular flexibility index (Phi) is 3.09. The van der Waals surface area contributed by atoms with Crippen molar-refractivity contribution in [3.8, 4) is 0 Å². The number of alkyl halides is 3. The second kappa shape index (κ2) is 3.98. The van der Waals surface area contributed by atoms with Crippen LogP contribution in [0.2, 0.25) is 5.02 Å². The van der Waals surface area contributed by atoms with Crippen molar-refractivity contribution in [2.45, 2.75) is 6.18 Å². The number of benzene rings is 1. The van der Waals surface area contributed by atoms with Gasteiger partial charge in [0.25, 0.3) is 0 Å². The van der Waals surface area contributed by atoms with E-state index in [1.807, 2.05) is 0 Å². The zero-order chi connectivity index (χ0) is 11.6. The SMILES string of the molecule is O=C(O)Nc1ccc(Cl)cc1C(F)(F)F. The first-order chi connectivity index (χ1) is 6.80. The first kappa shape index (κ1) is 11.6. The molecule has 1 rings (SSSR count). The van der Waals surface area contributed by atoms with Crippen molar-refractivity contribution in [1.82, 2.24) is 0 Å². The fraction of sp³-hybridized carbons (Fsp3) is 0.125. The summed E-state index contributed by atoms with van der Waals surface area (Å²) in [6, 6.07) is 2.79. The highest BCUT2D eigenvalue weighted by atomic mass is 35.5.